The van der Waals surface area contributed by atoms with E-state index in [-0.39, 0.29) is 12.5 Å². The predicted molar refractivity (Wildman–Crippen MR) is 234 cm³/mol. The lowest BCUT2D eigenvalue weighted by atomic mass is 10.0. The van der Waals surface area contributed by atoms with Crippen LogP contribution >= 0.6 is 0 Å². The molecule has 0 aromatic heterocycles. The van der Waals surface area contributed by atoms with E-state index < -0.39 is 12.1 Å². The number of carbonyl (C=O) groups is 1. The van der Waals surface area contributed by atoms with Gasteiger partial charge in [0.1, 0.15) is 0 Å². The maximum Gasteiger partial charge on any atom is 0.220 e. The van der Waals surface area contributed by atoms with E-state index in [9.17, 15) is 15.0 Å². The molecule has 0 saturated carbocycles. The largest absolute Gasteiger partial charge is 0.394 e. The second-order valence-electron chi connectivity index (χ2n) is 14.7. The van der Waals surface area contributed by atoms with E-state index in [1.54, 1.807) is 0 Å². The van der Waals surface area contributed by atoms with Crippen molar-refractivity contribution < 1.29 is 15.0 Å². The fourth-order valence-corrected chi connectivity index (χ4v) is 6.28. The van der Waals surface area contributed by atoms with Crippen LogP contribution in [0.5, 0.6) is 0 Å². The Kier molecular flexibility index (Phi) is 42.0. The van der Waals surface area contributed by atoms with Gasteiger partial charge < -0.3 is 15.5 Å². The molecule has 2 unspecified atom stereocenters. The van der Waals surface area contributed by atoms with Gasteiger partial charge in [-0.3, -0.25) is 4.79 Å². The minimum atomic E-state index is -0.668. The first-order chi connectivity index (χ1) is 26.2. The number of hydrogen-bond acceptors (Lipinski definition) is 3. The van der Waals surface area contributed by atoms with Gasteiger partial charge in [0.25, 0.3) is 0 Å². The number of aliphatic hydroxyl groups is 2. The van der Waals surface area contributed by atoms with Crippen molar-refractivity contribution in [1.29, 1.82) is 0 Å². The number of nitrogens with one attached hydrogen (secondary N) is 1. The first-order valence-electron chi connectivity index (χ1n) is 22.3. The van der Waals surface area contributed by atoms with Crippen molar-refractivity contribution in [2.45, 2.75) is 212 Å². The van der Waals surface area contributed by atoms with Crippen LogP contribution < -0.4 is 5.32 Å². The van der Waals surface area contributed by atoms with Crippen molar-refractivity contribution in [3.8, 4) is 0 Å². The van der Waals surface area contributed by atoms with Crippen molar-refractivity contribution in [2.24, 2.45) is 0 Å². The highest BCUT2D eigenvalue weighted by molar-refractivity contribution is 5.76. The fraction of sp³-hybridized carbons (Fsp3) is 0.694. The third kappa shape index (κ3) is 40.6. The van der Waals surface area contributed by atoms with Crippen LogP contribution in [-0.2, 0) is 4.79 Å². The molecule has 304 valence electrons. The smallest absolute Gasteiger partial charge is 0.220 e. The van der Waals surface area contributed by atoms with Gasteiger partial charge in [-0.15, -0.1) is 0 Å². The van der Waals surface area contributed by atoms with Crippen molar-refractivity contribution >= 4 is 5.91 Å². The average molecular weight is 736 g/mol. The summed E-state index contributed by atoms with van der Waals surface area (Å²) in [5, 5.41) is 23.1. The Morgan fingerprint density at radius 1 is 0.472 bits per heavy atom. The maximum atomic E-state index is 12.4. The van der Waals surface area contributed by atoms with Gasteiger partial charge in [-0.05, 0) is 70.6 Å². The molecule has 0 radical (unpaired) electrons. The molecule has 2 atom stereocenters. The topological polar surface area (TPSA) is 69.6 Å². The first kappa shape index (κ1) is 50.6. The van der Waals surface area contributed by atoms with Crippen LogP contribution in [0.3, 0.4) is 0 Å². The molecule has 0 aliphatic heterocycles. The first-order valence-corrected chi connectivity index (χ1v) is 22.3. The molecule has 0 saturated heterocycles. The zero-order valence-electron chi connectivity index (χ0n) is 34.8. The second kappa shape index (κ2) is 44.0. The van der Waals surface area contributed by atoms with Gasteiger partial charge in [-0.1, -0.05) is 208 Å². The number of hydrogen-bond donors (Lipinski definition) is 3. The van der Waals surface area contributed by atoms with Crippen molar-refractivity contribution in [3.05, 3.63) is 85.1 Å². The SMILES string of the molecule is CC/C=C\C/C=C\C/C=C\C/C=C\C/C=C\C/C=C\C/C=C\CCCCCCCCCC(=O)NC(CO)C(O)CCCCCCCCCCCCCC. The summed E-state index contributed by atoms with van der Waals surface area (Å²) in [5.74, 6) is -0.0476. The molecule has 53 heavy (non-hydrogen) atoms. The van der Waals surface area contributed by atoms with Gasteiger partial charge in [-0.2, -0.15) is 0 Å². The highest BCUT2D eigenvalue weighted by Gasteiger charge is 2.19. The van der Waals surface area contributed by atoms with Crippen LogP contribution in [0, 0.1) is 0 Å². The Morgan fingerprint density at radius 3 is 1.25 bits per heavy atom. The minimum Gasteiger partial charge on any atom is -0.394 e. The van der Waals surface area contributed by atoms with Gasteiger partial charge in [0.05, 0.1) is 18.8 Å². The molecule has 0 aliphatic carbocycles. The standard InChI is InChI=1S/C49H85NO3/c1-3-5-7-9-11-13-15-17-18-19-20-21-22-23-24-25-26-27-28-29-30-31-32-33-35-37-39-41-43-45-49(53)50-47(46-51)48(52)44-42-40-38-36-34-16-14-12-10-8-6-4-2/h5,7,11,13,17-18,20-21,23-24,26-27,29-30,47-48,51-52H,3-4,6,8-10,12,14-16,19,22,25,28,31-46H2,1-2H3,(H,50,53)/b7-5-,13-11-,18-17-,21-20-,24-23-,27-26-,30-29-. The van der Waals surface area contributed by atoms with E-state index in [1.165, 1.54) is 89.9 Å². The highest BCUT2D eigenvalue weighted by Crippen LogP contribution is 2.15. The van der Waals surface area contributed by atoms with E-state index in [1.807, 2.05) is 0 Å². The molecule has 0 rings (SSSR count). The highest BCUT2D eigenvalue weighted by atomic mass is 16.3. The van der Waals surface area contributed by atoms with Gasteiger partial charge >= 0.3 is 0 Å². The summed E-state index contributed by atoms with van der Waals surface area (Å²) in [6, 6.07) is -0.546. The molecule has 4 nitrogen and oxygen atoms in total. The van der Waals surface area contributed by atoms with Crippen LogP contribution in [0.1, 0.15) is 200 Å². The molecule has 0 spiro atoms. The Hall–Kier alpha value is -2.43. The molecule has 4 heteroatoms. The summed E-state index contributed by atoms with van der Waals surface area (Å²) < 4.78 is 0. The molecule has 0 aliphatic rings. The summed E-state index contributed by atoms with van der Waals surface area (Å²) in [5.41, 5.74) is 0. The predicted octanol–water partition coefficient (Wildman–Crippen LogP) is 14.1. The van der Waals surface area contributed by atoms with Crippen LogP contribution in [0.15, 0.2) is 85.1 Å². The van der Waals surface area contributed by atoms with Gasteiger partial charge in [0.15, 0.2) is 0 Å². The van der Waals surface area contributed by atoms with E-state index in [0.717, 1.165) is 83.5 Å². The Labute approximate surface area is 329 Å². The number of amides is 1. The van der Waals surface area contributed by atoms with Crippen LogP contribution in [-0.4, -0.2) is 34.9 Å². The summed E-state index contributed by atoms with van der Waals surface area (Å²) in [6.07, 6.45) is 63.7. The zero-order valence-corrected chi connectivity index (χ0v) is 34.8. The van der Waals surface area contributed by atoms with Crippen LogP contribution in [0.25, 0.3) is 0 Å². The summed E-state index contributed by atoms with van der Waals surface area (Å²) in [4.78, 5) is 12.4. The second-order valence-corrected chi connectivity index (χ2v) is 14.7. The van der Waals surface area contributed by atoms with Crippen molar-refractivity contribution in [2.75, 3.05) is 6.61 Å². The van der Waals surface area contributed by atoms with Crippen LogP contribution in [0.4, 0.5) is 0 Å². The molecule has 0 aromatic carbocycles. The fourth-order valence-electron chi connectivity index (χ4n) is 6.28. The van der Waals surface area contributed by atoms with E-state index in [0.29, 0.717) is 12.8 Å². The van der Waals surface area contributed by atoms with Gasteiger partial charge in [0, 0.05) is 6.42 Å². The molecule has 0 fully saturated rings. The van der Waals surface area contributed by atoms with E-state index >= 15 is 0 Å². The number of carbonyl (C=O) groups excluding carboxylic acids is 1. The lowest BCUT2D eigenvalue weighted by Gasteiger charge is -2.22. The summed E-state index contributed by atoms with van der Waals surface area (Å²) >= 11 is 0. The molecule has 3 N–H and O–H groups in total. The summed E-state index contributed by atoms with van der Waals surface area (Å²) in [7, 11) is 0. The Morgan fingerprint density at radius 2 is 0.830 bits per heavy atom. The molecular formula is C49H85NO3. The monoisotopic (exact) mass is 736 g/mol. The minimum absolute atomic E-state index is 0.0476. The zero-order chi connectivity index (χ0) is 38.6. The third-order valence-electron chi connectivity index (χ3n) is 9.67. The van der Waals surface area contributed by atoms with E-state index in [2.05, 4.69) is 104 Å². The Bertz CT molecular complexity index is 972. The summed E-state index contributed by atoms with van der Waals surface area (Å²) in [6.45, 7) is 4.22. The Balaban J connectivity index is 3.61. The third-order valence-corrected chi connectivity index (χ3v) is 9.67. The number of rotatable bonds is 39. The number of unbranched alkanes of at least 4 members (excludes halogenated alkanes) is 18. The average Bonchev–Trinajstić information content (AvgIpc) is 3.16. The molecule has 1 amide bonds. The maximum absolute atomic E-state index is 12.4. The molecular weight excluding hydrogens is 651 g/mol. The van der Waals surface area contributed by atoms with E-state index in [4.69, 9.17) is 0 Å². The normalized spacial score (nSPS) is 13.8. The number of allylic oxidation sites excluding steroid dienone is 14. The van der Waals surface area contributed by atoms with Crippen molar-refractivity contribution in [3.63, 3.8) is 0 Å². The van der Waals surface area contributed by atoms with Gasteiger partial charge in [0.2, 0.25) is 5.91 Å². The lowest BCUT2D eigenvalue weighted by molar-refractivity contribution is -0.123. The van der Waals surface area contributed by atoms with Gasteiger partial charge in [-0.25, -0.2) is 0 Å². The lowest BCUT2D eigenvalue weighted by Crippen LogP contribution is -2.45. The van der Waals surface area contributed by atoms with Crippen LogP contribution in [0.2, 0.25) is 0 Å². The molecule has 0 aromatic rings. The van der Waals surface area contributed by atoms with Crippen molar-refractivity contribution in [1.82, 2.24) is 5.32 Å². The number of aliphatic hydroxyl groups excluding tert-OH is 2. The quantitative estimate of drug-likeness (QED) is 0.0435. The molecule has 0 bridgehead atoms. The molecule has 0 heterocycles.